The number of carbonyl (C=O) groups is 2. The minimum absolute atomic E-state index is 0.0829. The highest BCUT2D eigenvalue weighted by Gasteiger charge is 2.25. The summed E-state index contributed by atoms with van der Waals surface area (Å²) in [6.07, 6.45) is 0.254. The van der Waals surface area contributed by atoms with Gasteiger partial charge in [-0.1, -0.05) is 0 Å². The predicted octanol–water partition coefficient (Wildman–Crippen LogP) is 1.45. The minimum Gasteiger partial charge on any atom is -0.444 e. The molecule has 0 radical (unpaired) electrons. The van der Waals surface area contributed by atoms with Crippen molar-refractivity contribution in [3.63, 3.8) is 0 Å². The fourth-order valence-corrected chi connectivity index (χ4v) is 2.13. The number of piperazine rings is 1. The quantitative estimate of drug-likeness (QED) is 0.853. The Morgan fingerprint density at radius 1 is 1.14 bits per heavy atom. The van der Waals surface area contributed by atoms with E-state index in [0.29, 0.717) is 19.5 Å². The molecule has 0 aromatic rings. The Morgan fingerprint density at radius 3 is 2.19 bits per heavy atom. The highest BCUT2D eigenvalue weighted by Crippen LogP contribution is 2.11. The molecule has 0 aliphatic carbocycles. The normalized spacial score (nSPS) is 17.0. The third kappa shape index (κ3) is 7.32. The molecule has 1 aliphatic heterocycles. The van der Waals surface area contributed by atoms with Crippen LogP contribution in [0, 0.1) is 0 Å². The molecular weight excluding hydrogens is 270 g/mol. The highest BCUT2D eigenvalue weighted by atomic mass is 16.6. The number of nitrogens with one attached hydrogen (secondary N) is 1. The van der Waals surface area contributed by atoms with Crippen LogP contribution < -0.4 is 5.32 Å². The van der Waals surface area contributed by atoms with Crippen LogP contribution in [0.5, 0.6) is 0 Å². The van der Waals surface area contributed by atoms with E-state index in [4.69, 9.17) is 4.74 Å². The Balaban J connectivity index is 2.26. The van der Waals surface area contributed by atoms with Crippen molar-refractivity contribution in [3.05, 3.63) is 0 Å². The maximum absolute atomic E-state index is 11.9. The summed E-state index contributed by atoms with van der Waals surface area (Å²) >= 11 is 0. The van der Waals surface area contributed by atoms with E-state index in [2.05, 4.69) is 10.2 Å². The molecule has 6 heteroatoms. The third-order valence-corrected chi connectivity index (χ3v) is 3.13. The van der Waals surface area contributed by atoms with Gasteiger partial charge in [-0.3, -0.25) is 9.69 Å². The van der Waals surface area contributed by atoms with Crippen molar-refractivity contribution < 1.29 is 14.3 Å². The molecular formula is C15H29N3O3. The number of amides is 2. The number of carbonyl (C=O) groups excluding carboxylic acids is 2. The maximum atomic E-state index is 11.9. The zero-order chi connectivity index (χ0) is 16.0. The van der Waals surface area contributed by atoms with Gasteiger partial charge in [-0.05, 0) is 34.6 Å². The van der Waals surface area contributed by atoms with Crippen molar-refractivity contribution in [1.82, 2.24) is 15.1 Å². The number of rotatable bonds is 4. The van der Waals surface area contributed by atoms with Crippen molar-refractivity contribution in [2.75, 3.05) is 32.7 Å². The lowest BCUT2D eigenvalue weighted by Gasteiger charge is -2.35. The molecule has 0 unspecified atom stereocenters. The first kappa shape index (κ1) is 17.8. The second-order valence-electron chi connectivity index (χ2n) is 6.78. The molecule has 122 valence electrons. The van der Waals surface area contributed by atoms with Crippen LogP contribution in [0.3, 0.4) is 0 Å². The summed E-state index contributed by atoms with van der Waals surface area (Å²) < 4.78 is 5.36. The Labute approximate surface area is 127 Å². The van der Waals surface area contributed by atoms with Crippen LogP contribution in [0.25, 0.3) is 0 Å². The summed E-state index contributed by atoms with van der Waals surface area (Å²) in [5, 5.41) is 2.88. The number of nitrogens with zero attached hydrogens (tertiary/aromatic N) is 2. The van der Waals surface area contributed by atoms with E-state index >= 15 is 0 Å². The summed E-state index contributed by atoms with van der Waals surface area (Å²) in [5.74, 6) is 0.0829. The third-order valence-electron chi connectivity index (χ3n) is 3.13. The molecule has 1 heterocycles. The van der Waals surface area contributed by atoms with Crippen LogP contribution in [-0.2, 0) is 9.53 Å². The lowest BCUT2D eigenvalue weighted by atomic mass is 10.2. The Hall–Kier alpha value is -1.30. The smallest absolute Gasteiger partial charge is 0.410 e. The van der Waals surface area contributed by atoms with Crippen LogP contribution in [0.1, 0.15) is 41.0 Å². The second kappa shape index (κ2) is 7.64. The van der Waals surface area contributed by atoms with Gasteiger partial charge >= 0.3 is 6.09 Å². The Morgan fingerprint density at radius 2 is 1.71 bits per heavy atom. The van der Waals surface area contributed by atoms with Crippen LogP contribution in [0.4, 0.5) is 4.79 Å². The number of hydrogen-bond acceptors (Lipinski definition) is 4. The first-order chi connectivity index (χ1) is 9.67. The zero-order valence-corrected chi connectivity index (χ0v) is 13.9. The van der Waals surface area contributed by atoms with E-state index in [-0.39, 0.29) is 18.0 Å². The molecule has 0 saturated carbocycles. The van der Waals surface area contributed by atoms with Gasteiger partial charge in [-0.15, -0.1) is 0 Å². The molecule has 1 rings (SSSR count). The average molecular weight is 299 g/mol. The summed E-state index contributed by atoms with van der Waals surface area (Å²) in [6, 6.07) is 0.182. The van der Waals surface area contributed by atoms with E-state index < -0.39 is 5.60 Å². The Kier molecular flexibility index (Phi) is 6.45. The van der Waals surface area contributed by atoms with Crippen molar-refractivity contribution >= 4 is 12.0 Å². The first-order valence-corrected chi connectivity index (χ1v) is 7.67. The monoisotopic (exact) mass is 299 g/mol. The zero-order valence-electron chi connectivity index (χ0n) is 13.9. The lowest BCUT2D eigenvalue weighted by molar-refractivity contribution is -0.122. The van der Waals surface area contributed by atoms with Gasteiger partial charge in [0.05, 0.1) is 0 Å². The molecule has 0 atom stereocenters. The molecule has 0 bridgehead atoms. The number of ether oxygens (including phenoxy) is 1. The topological polar surface area (TPSA) is 61.9 Å². The molecule has 1 saturated heterocycles. The maximum Gasteiger partial charge on any atom is 0.410 e. The fraction of sp³-hybridized carbons (Fsp3) is 0.867. The van der Waals surface area contributed by atoms with Gasteiger partial charge in [0.15, 0.2) is 0 Å². The van der Waals surface area contributed by atoms with Gasteiger partial charge < -0.3 is 15.0 Å². The highest BCUT2D eigenvalue weighted by molar-refractivity contribution is 5.76. The Bertz CT molecular complexity index is 356. The van der Waals surface area contributed by atoms with Crippen LogP contribution >= 0.6 is 0 Å². The number of hydrogen-bond donors (Lipinski definition) is 1. The molecule has 0 aromatic carbocycles. The van der Waals surface area contributed by atoms with Crippen molar-refractivity contribution in [2.45, 2.75) is 52.7 Å². The molecule has 1 fully saturated rings. The lowest BCUT2D eigenvalue weighted by Crippen LogP contribution is -2.50. The average Bonchev–Trinajstić information content (AvgIpc) is 2.34. The van der Waals surface area contributed by atoms with Gasteiger partial charge in [-0.25, -0.2) is 4.79 Å². The van der Waals surface area contributed by atoms with Gasteiger partial charge in [0.25, 0.3) is 0 Å². The molecule has 1 N–H and O–H groups in total. The van der Waals surface area contributed by atoms with Crippen molar-refractivity contribution in [2.24, 2.45) is 0 Å². The first-order valence-electron chi connectivity index (χ1n) is 7.67. The van der Waals surface area contributed by atoms with E-state index in [9.17, 15) is 9.59 Å². The molecule has 21 heavy (non-hydrogen) atoms. The molecule has 1 aliphatic rings. The summed E-state index contributed by atoms with van der Waals surface area (Å²) in [5.41, 5.74) is -0.455. The molecule has 0 spiro atoms. The van der Waals surface area contributed by atoms with Gasteiger partial charge in [0.1, 0.15) is 5.60 Å². The summed E-state index contributed by atoms with van der Waals surface area (Å²) in [6.45, 7) is 13.1. The van der Waals surface area contributed by atoms with E-state index in [0.717, 1.165) is 19.6 Å². The predicted molar refractivity (Wildman–Crippen MR) is 82.1 cm³/mol. The summed E-state index contributed by atoms with van der Waals surface area (Å²) in [7, 11) is 0. The molecule has 0 aromatic heterocycles. The SMILES string of the molecule is CC(C)NC(=O)CCN1CCN(C(=O)OC(C)(C)C)CC1. The van der Waals surface area contributed by atoms with Crippen molar-refractivity contribution in [3.8, 4) is 0 Å². The van der Waals surface area contributed by atoms with Gasteiger partial charge in [-0.2, -0.15) is 0 Å². The second-order valence-corrected chi connectivity index (χ2v) is 6.78. The van der Waals surface area contributed by atoms with Crippen LogP contribution in [-0.4, -0.2) is 66.2 Å². The summed E-state index contributed by atoms with van der Waals surface area (Å²) in [4.78, 5) is 27.5. The molecule has 6 nitrogen and oxygen atoms in total. The van der Waals surface area contributed by atoms with E-state index in [1.807, 2.05) is 34.6 Å². The van der Waals surface area contributed by atoms with E-state index in [1.165, 1.54) is 0 Å². The largest absolute Gasteiger partial charge is 0.444 e. The van der Waals surface area contributed by atoms with Crippen molar-refractivity contribution in [1.29, 1.82) is 0 Å². The van der Waals surface area contributed by atoms with Gasteiger partial charge in [0, 0.05) is 45.2 Å². The van der Waals surface area contributed by atoms with Crippen LogP contribution in [0.2, 0.25) is 0 Å². The minimum atomic E-state index is -0.455. The van der Waals surface area contributed by atoms with Crippen LogP contribution in [0.15, 0.2) is 0 Å². The molecule has 2 amide bonds. The fourth-order valence-electron chi connectivity index (χ4n) is 2.13. The standard InChI is InChI=1S/C15H29N3O3/c1-12(2)16-13(19)6-7-17-8-10-18(11-9-17)14(20)21-15(3,4)5/h12H,6-11H2,1-5H3,(H,16,19). The van der Waals surface area contributed by atoms with E-state index in [1.54, 1.807) is 4.90 Å². The van der Waals surface area contributed by atoms with Gasteiger partial charge in [0.2, 0.25) is 5.91 Å².